The summed E-state index contributed by atoms with van der Waals surface area (Å²) in [5.41, 5.74) is 1.83. The molecular formula is C16H21BO3. The molecule has 0 spiro atoms. The van der Waals surface area contributed by atoms with Crippen molar-refractivity contribution in [3.8, 4) is 0 Å². The molecule has 106 valence electrons. The van der Waals surface area contributed by atoms with Crippen molar-refractivity contribution in [2.45, 2.75) is 45.0 Å². The number of hydrogen-bond acceptors (Lipinski definition) is 3. The zero-order chi connectivity index (χ0) is 14.4. The third-order valence-corrected chi connectivity index (χ3v) is 4.36. The van der Waals surface area contributed by atoms with Gasteiger partial charge in [0.15, 0.2) is 0 Å². The maximum Gasteiger partial charge on any atom is 0.487 e. The Kier molecular flexibility index (Phi) is 3.28. The van der Waals surface area contributed by atoms with Crippen LogP contribution in [-0.4, -0.2) is 24.9 Å². The molecule has 4 heteroatoms. The summed E-state index contributed by atoms with van der Waals surface area (Å²) in [5.74, 6) is 1.97. The lowest BCUT2D eigenvalue weighted by Crippen LogP contribution is -2.41. The first-order valence-corrected chi connectivity index (χ1v) is 7.13. The van der Waals surface area contributed by atoms with E-state index >= 15 is 0 Å². The predicted molar refractivity (Wildman–Crippen MR) is 80.3 cm³/mol. The van der Waals surface area contributed by atoms with E-state index in [4.69, 9.17) is 14.0 Å². The predicted octanol–water partition coefficient (Wildman–Crippen LogP) is 3.40. The average molecular weight is 272 g/mol. The van der Waals surface area contributed by atoms with Crippen molar-refractivity contribution in [3.05, 3.63) is 41.4 Å². The van der Waals surface area contributed by atoms with E-state index in [1.807, 2.05) is 12.1 Å². The van der Waals surface area contributed by atoms with E-state index in [1.54, 1.807) is 0 Å². The minimum Gasteiger partial charge on any atom is -0.400 e. The lowest BCUT2D eigenvalue weighted by atomic mass is 9.89. The first-order chi connectivity index (χ1) is 9.37. The highest BCUT2D eigenvalue weighted by molar-refractivity contribution is 6.52. The zero-order valence-corrected chi connectivity index (χ0v) is 12.6. The molecule has 0 aliphatic carbocycles. The maximum atomic E-state index is 5.93. The molecule has 1 aromatic rings. The van der Waals surface area contributed by atoms with Crippen LogP contribution in [0.4, 0.5) is 0 Å². The van der Waals surface area contributed by atoms with Crippen molar-refractivity contribution in [1.82, 2.24) is 0 Å². The highest BCUT2D eigenvalue weighted by atomic mass is 16.7. The molecule has 2 aliphatic heterocycles. The second-order valence-electron chi connectivity index (χ2n) is 6.47. The van der Waals surface area contributed by atoms with E-state index in [0.29, 0.717) is 6.10 Å². The largest absolute Gasteiger partial charge is 0.487 e. The van der Waals surface area contributed by atoms with Crippen molar-refractivity contribution in [2.75, 3.05) is 6.61 Å². The number of hydrogen-bond donors (Lipinski definition) is 0. The fraction of sp³-hybridized carbons (Fsp3) is 0.500. The molecule has 0 aromatic heterocycles. The first-order valence-electron chi connectivity index (χ1n) is 7.13. The SMILES string of the molecule is CC1(C)OB(/C=C/c2ccc(C3CO3)cc2)OC1(C)C. The van der Waals surface area contributed by atoms with Crippen LogP contribution in [0.15, 0.2) is 30.2 Å². The highest BCUT2D eigenvalue weighted by Gasteiger charge is 2.49. The van der Waals surface area contributed by atoms with Gasteiger partial charge in [-0.2, -0.15) is 0 Å². The van der Waals surface area contributed by atoms with Crippen LogP contribution in [-0.2, 0) is 14.0 Å². The van der Waals surface area contributed by atoms with Crippen LogP contribution < -0.4 is 0 Å². The Morgan fingerprint density at radius 2 is 1.60 bits per heavy atom. The van der Waals surface area contributed by atoms with E-state index in [2.05, 4.69) is 52.0 Å². The summed E-state index contributed by atoms with van der Waals surface area (Å²) in [6.07, 6.45) is 2.36. The fourth-order valence-electron chi connectivity index (χ4n) is 2.22. The van der Waals surface area contributed by atoms with Crippen molar-refractivity contribution in [1.29, 1.82) is 0 Å². The summed E-state index contributed by atoms with van der Waals surface area (Å²) in [6.45, 7) is 9.09. The maximum absolute atomic E-state index is 5.93. The molecule has 0 saturated carbocycles. The van der Waals surface area contributed by atoms with Crippen LogP contribution >= 0.6 is 0 Å². The minimum absolute atomic E-state index is 0.283. The van der Waals surface area contributed by atoms with Gasteiger partial charge in [0.2, 0.25) is 0 Å². The number of epoxide rings is 1. The van der Waals surface area contributed by atoms with Crippen molar-refractivity contribution in [2.24, 2.45) is 0 Å². The van der Waals surface area contributed by atoms with Crippen LogP contribution in [0.2, 0.25) is 0 Å². The number of ether oxygens (including phenoxy) is 1. The highest BCUT2D eigenvalue weighted by Crippen LogP contribution is 2.37. The van der Waals surface area contributed by atoms with Gasteiger partial charge in [0.25, 0.3) is 0 Å². The quantitative estimate of drug-likeness (QED) is 0.624. The van der Waals surface area contributed by atoms with Crippen LogP contribution in [0.3, 0.4) is 0 Å². The summed E-state index contributed by atoms with van der Waals surface area (Å²) >= 11 is 0. The molecule has 0 radical (unpaired) electrons. The molecule has 0 amide bonds. The fourth-order valence-corrected chi connectivity index (χ4v) is 2.22. The van der Waals surface area contributed by atoms with Crippen LogP contribution in [0.1, 0.15) is 44.9 Å². The van der Waals surface area contributed by atoms with Gasteiger partial charge >= 0.3 is 7.12 Å². The first kappa shape index (κ1) is 13.9. The topological polar surface area (TPSA) is 31.0 Å². The third-order valence-electron chi connectivity index (χ3n) is 4.36. The standard InChI is InChI=1S/C16H21BO3/c1-15(2)16(3,4)20-17(19-15)10-9-12-5-7-13(8-6-12)14-11-18-14/h5-10,14H,11H2,1-4H3/b10-9+. The van der Waals surface area contributed by atoms with Gasteiger partial charge < -0.3 is 14.0 Å². The molecule has 2 aliphatic rings. The zero-order valence-electron chi connectivity index (χ0n) is 12.6. The van der Waals surface area contributed by atoms with Gasteiger partial charge in [-0.25, -0.2) is 0 Å². The Labute approximate surface area is 121 Å². The third kappa shape index (κ3) is 2.69. The lowest BCUT2D eigenvalue weighted by molar-refractivity contribution is 0.00578. The average Bonchev–Trinajstić information content (AvgIpc) is 3.17. The van der Waals surface area contributed by atoms with Crippen LogP contribution in [0.25, 0.3) is 6.08 Å². The lowest BCUT2D eigenvalue weighted by Gasteiger charge is -2.32. The van der Waals surface area contributed by atoms with E-state index in [-0.39, 0.29) is 18.3 Å². The Morgan fingerprint density at radius 1 is 1.05 bits per heavy atom. The van der Waals surface area contributed by atoms with Gasteiger partial charge in [0.05, 0.1) is 17.8 Å². The van der Waals surface area contributed by atoms with Gasteiger partial charge in [-0.3, -0.25) is 0 Å². The molecule has 1 aromatic carbocycles. The summed E-state index contributed by atoms with van der Waals surface area (Å²) < 4.78 is 17.1. The molecule has 3 nitrogen and oxygen atoms in total. The molecule has 2 fully saturated rings. The van der Waals surface area contributed by atoms with E-state index in [9.17, 15) is 0 Å². The summed E-state index contributed by atoms with van der Waals surface area (Å²) in [4.78, 5) is 0. The molecule has 0 N–H and O–H groups in total. The Hall–Kier alpha value is -1.10. The van der Waals surface area contributed by atoms with Gasteiger partial charge in [-0.05, 0) is 38.8 Å². The normalized spacial score (nSPS) is 27.2. The Bertz CT molecular complexity index is 499. The van der Waals surface area contributed by atoms with Crippen molar-refractivity contribution in [3.63, 3.8) is 0 Å². The minimum atomic E-state index is -0.286. The second kappa shape index (κ2) is 4.73. The molecule has 0 bridgehead atoms. The van der Waals surface area contributed by atoms with Gasteiger partial charge in [-0.1, -0.05) is 36.3 Å². The van der Waals surface area contributed by atoms with Crippen LogP contribution in [0, 0.1) is 0 Å². The molecule has 20 heavy (non-hydrogen) atoms. The summed E-state index contributed by atoms with van der Waals surface area (Å²) in [5, 5.41) is 0. The van der Waals surface area contributed by atoms with Crippen molar-refractivity contribution < 1.29 is 14.0 Å². The van der Waals surface area contributed by atoms with Crippen molar-refractivity contribution >= 4 is 13.2 Å². The smallest absolute Gasteiger partial charge is 0.400 e. The van der Waals surface area contributed by atoms with Gasteiger partial charge in [-0.15, -0.1) is 0 Å². The molecule has 2 heterocycles. The van der Waals surface area contributed by atoms with Crippen LogP contribution in [0.5, 0.6) is 0 Å². The summed E-state index contributed by atoms with van der Waals surface area (Å²) in [7, 11) is -0.286. The Morgan fingerprint density at radius 3 is 2.10 bits per heavy atom. The number of benzene rings is 1. The van der Waals surface area contributed by atoms with E-state index in [0.717, 1.165) is 12.2 Å². The molecule has 2 saturated heterocycles. The van der Waals surface area contributed by atoms with E-state index < -0.39 is 0 Å². The second-order valence-corrected chi connectivity index (χ2v) is 6.47. The van der Waals surface area contributed by atoms with Gasteiger partial charge in [0, 0.05) is 0 Å². The summed E-state index contributed by atoms with van der Waals surface area (Å²) in [6, 6.07) is 8.42. The molecule has 3 rings (SSSR count). The monoisotopic (exact) mass is 272 g/mol. The molecular weight excluding hydrogens is 251 g/mol. The van der Waals surface area contributed by atoms with Gasteiger partial charge in [0.1, 0.15) is 6.10 Å². The molecule has 1 atom stereocenters. The molecule has 1 unspecified atom stereocenters. The van der Waals surface area contributed by atoms with E-state index in [1.165, 1.54) is 5.56 Å². The number of rotatable bonds is 3. The Balaban J connectivity index is 1.65.